The molecule has 6 heteroatoms. The van der Waals surface area contributed by atoms with Gasteiger partial charge < -0.3 is 20.4 Å². The number of H-pyrrole nitrogens is 1. The standard InChI is InChI=1S/C23H19N3O3/c1-29-18-10-7-16(8-11-18)22(27)26-20-5-3-2-4-19(20)23(28)25-17-9-6-15-12-13-24-21(15)14-17/h2-14,24H,1H3,(H,25,28)(H,26,27). The molecule has 6 nitrogen and oxygen atoms in total. The van der Waals surface area contributed by atoms with Crippen LogP contribution >= 0.6 is 0 Å². The number of methoxy groups -OCH3 is 1. The molecule has 0 aliphatic carbocycles. The molecule has 1 aromatic heterocycles. The van der Waals surface area contributed by atoms with Gasteiger partial charge >= 0.3 is 0 Å². The topological polar surface area (TPSA) is 83.2 Å². The second-order valence-electron chi connectivity index (χ2n) is 6.46. The van der Waals surface area contributed by atoms with E-state index in [-0.39, 0.29) is 11.8 Å². The first-order valence-electron chi connectivity index (χ1n) is 9.07. The third-order valence-corrected chi connectivity index (χ3v) is 4.58. The quantitative estimate of drug-likeness (QED) is 0.466. The van der Waals surface area contributed by atoms with E-state index in [1.807, 2.05) is 30.5 Å². The normalized spacial score (nSPS) is 10.5. The molecule has 1 heterocycles. The molecule has 29 heavy (non-hydrogen) atoms. The van der Waals surface area contributed by atoms with Gasteiger partial charge in [0.2, 0.25) is 0 Å². The largest absolute Gasteiger partial charge is 0.497 e. The van der Waals surface area contributed by atoms with Crippen molar-refractivity contribution >= 4 is 34.1 Å². The molecule has 0 aliphatic heterocycles. The van der Waals surface area contributed by atoms with Gasteiger partial charge in [0.15, 0.2) is 0 Å². The van der Waals surface area contributed by atoms with Crippen LogP contribution < -0.4 is 15.4 Å². The average Bonchev–Trinajstić information content (AvgIpc) is 3.22. The lowest BCUT2D eigenvalue weighted by molar-refractivity contribution is 0.102. The molecular weight excluding hydrogens is 366 g/mol. The smallest absolute Gasteiger partial charge is 0.257 e. The number of fused-ring (bicyclic) bond motifs is 1. The number of benzene rings is 3. The van der Waals surface area contributed by atoms with E-state index in [1.165, 1.54) is 0 Å². The molecule has 0 bridgehead atoms. The fourth-order valence-electron chi connectivity index (χ4n) is 3.05. The number of rotatable bonds is 5. The molecule has 0 spiro atoms. The summed E-state index contributed by atoms with van der Waals surface area (Å²) < 4.78 is 5.11. The van der Waals surface area contributed by atoms with E-state index >= 15 is 0 Å². The summed E-state index contributed by atoms with van der Waals surface area (Å²) in [5, 5.41) is 6.76. The number of ether oxygens (including phenoxy) is 1. The van der Waals surface area contributed by atoms with E-state index in [1.54, 1.807) is 55.6 Å². The van der Waals surface area contributed by atoms with Gasteiger partial charge in [0, 0.05) is 23.0 Å². The number of hydrogen-bond donors (Lipinski definition) is 3. The Morgan fingerprint density at radius 3 is 2.45 bits per heavy atom. The average molecular weight is 385 g/mol. The highest BCUT2D eigenvalue weighted by atomic mass is 16.5. The molecule has 0 fully saturated rings. The fraction of sp³-hybridized carbons (Fsp3) is 0.0435. The molecule has 3 aromatic carbocycles. The van der Waals surface area contributed by atoms with Gasteiger partial charge in [0.1, 0.15) is 5.75 Å². The van der Waals surface area contributed by atoms with Gasteiger partial charge in [0.25, 0.3) is 11.8 Å². The molecule has 4 rings (SSSR count). The number of anilines is 2. The van der Waals surface area contributed by atoms with Crippen molar-refractivity contribution in [2.24, 2.45) is 0 Å². The Hall–Kier alpha value is -4.06. The second kappa shape index (κ2) is 7.90. The zero-order valence-corrected chi connectivity index (χ0v) is 15.7. The molecule has 0 saturated carbocycles. The van der Waals surface area contributed by atoms with E-state index in [0.717, 1.165) is 10.9 Å². The Labute approximate surface area is 167 Å². The maximum absolute atomic E-state index is 12.8. The van der Waals surface area contributed by atoms with Crippen molar-refractivity contribution in [3.8, 4) is 5.75 Å². The van der Waals surface area contributed by atoms with E-state index in [2.05, 4.69) is 15.6 Å². The molecule has 0 aliphatic rings. The lowest BCUT2D eigenvalue weighted by Crippen LogP contribution is -2.18. The van der Waals surface area contributed by atoms with Crippen LogP contribution in [0.15, 0.2) is 79.0 Å². The number of hydrogen-bond acceptors (Lipinski definition) is 3. The predicted octanol–water partition coefficient (Wildman–Crippen LogP) is 4.68. The van der Waals surface area contributed by atoms with E-state index in [4.69, 9.17) is 4.74 Å². The number of para-hydroxylation sites is 1. The van der Waals surface area contributed by atoms with Crippen molar-refractivity contribution in [1.82, 2.24) is 4.98 Å². The summed E-state index contributed by atoms with van der Waals surface area (Å²) in [4.78, 5) is 28.5. The summed E-state index contributed by atoms with van der Waals surface area (Å²) in [6.45, 7) is 0. The first-order chi connectivity index (χ1) is 14.1. The van der Waals surface area contributed by atoms with Crippen LogP contribution in [0.1, 0.15) is 20.7 Å². The zero-order chi connectivity index (χ0) is 20.2. The summed E-state index contributed by atoms with van der Waals surface area (Å²) in [6, 6.07) is 21.3. The van der Waals surface area contributed by atoms with E-state index < -0.39 is 0 Å². The van der Waals surface area contributed by atoms with Gasteiger partial charge in [-0.05, 0) is 60.0 Å². The Kier molecular flexibility index (Phi) is 4.99. The molecule has 4 aromatic rings. The lowest BCUT2D eigenvalue weighted by Gasteiger charge is -2.12. The minimum absolute atomic E-state index is 0.304. The van der Waals surface area contributed by atoms with Gasteiger partial charge in [-0.2, -0.15) is 0 Å². The minimum atomic E-state index is -0.305. The maximum atomic E-state index is 12.8. The molecule has 2 amide bonds. The SMILES string of the molecule is COc1ccc(C(=O)Nc2ccccc2C(=O)Nc2ccc3cc[nH]c3c2)cc1. The Morgan fingerprint density at radius 1 is 0.862 bits per heavy atom. The van der Waals surface area contributed by atoms with Crippen LogP contribution in [0.25, 0.3) is 10.9 Å². The summed E-state index contributed by atoms with van der Waals surface area (Å²) in [7, 11) is 1.57. The monoisotopic (exact) mass is 385 g/mol. The van der Waals surface area contributed by atoms with Crippen LogP contribution in [0, 0.1) is 0 Å². The van der Waals surface area contributed by atoms with E-state index in [9.17, 15) is 9.59 Å². The summed E-state index contributed by atoms with van der Waals surface area (Å²) in [5.41, 5.74) is 2.89. The zero-order valence-electron chi connectivity index (χ0n) is 15.7. The molecule has 0 radical (unpaired) electrons. The third kappa shape index (κ3) is 3.96. The number of carbonyl (C=O) groups excluding carboxylic acids is 2. The van der Waals surface area contributed by atoms with Gasteiger partial charge in [-0.3, -0.25) is 9.59 Å². The van der Waals surface area contributed by atoms with Crippen molar-refractivity contribution in [2.75, 3.05) is 17.7 Å². The van der Waals surface area contributed by atoms with Gasteiger partial charge in [-0.15, -0.1) is 0 Å². The van der Waals surface area contributed by atoms with Gasteiger partial charge in [0.05, 0.1) is 18.4 Å². The predicted molar refractivity (Wildman–Crippen MR) is 114 cm³/mol. The van der Waals surface area contributed by atoms with E-state index in [0.29, 0.717) is 28.3 Å². The fourth-order valence-corrected chi connectivity index (χ4v) is 3.05. The summed E-state index contributed by atoms with van der Waals surface area (Å²) in [5.74, 6) is 0.0580. The number of aromatic amines is 1. The number of amides is 2. The van der Waals surface area contributed by atoms with Crippen LogP contribution in [-0.2, 0) is 0 Å². The third-order valence-electron chi connectivity index (χ3n) is 4.58. The second-order valence-corrected chi connectivity index (χ2v) is 6.46. The minimum Gasteiger partial charge on any atom is -0.497 e. The number of nitrogens with one attached hydrogen (secondary N) is 3. The molecule has 0 unspecified atom stereocenters. The van der Waals surface area contributed by atoms with Crippen molar-refractivity contribution < 1.29 is 14.3 Å². The summed E-state index contributed by atoms with van der Waals surface area (Å²) >= 11 is 0. The highest BCUT2D eigenvalue weighted by molar-refractivity contribution is 6.12. The Balaban J connectivity index is 1.53. The van der Waals surface area contributed by atoms with Crippen LogP contribution in [0.3, 0.4) is 0 Å². The van der Waals surface area contributed by atoms with Gasteiger partial charge in [-0.25, -0.2) is 0 Å². The molecule has 144 valence electrons. The first-order valence-corrected chi connectivity index (χ1v) is 9.07. The van der Waals surface area contributed by atoms with Crippen LogP contribution in [0.5, 0.6) is 5.75 Å². The molecular formula is C23H19N3O3. The highest BCUT2D eigenvalue weighted by Crippen LogP contribution is 2.21. The molecule has 3 N–H and O–H groups in total. The first kappa shape index (κ1) is 18.3. The van der Waals surface area contributed by atoms with Crippen molar-refractivity contribution in [3.63, 3.8) is 0 Å². The number of aromatic nitrogens is 1. The van der Waals surface area contributed by atoms with Crippen molar-refractivity contribution in [1.29, 1.82) is 0 Å². The molecule has 0 atom stereocenters. The van der Waals surface area contributed by atoms with Crippen LogP contribution in [0.4, 0.5) is 11.4 Å². The van der Waals surface area contributed by atoms with Crippen molar-refractivity contribution in [3.05, 3.63) is 90.1 Å². The molecule has 0 saturated heterocycles. The maximum Gasteiger partial charge on any atom is 0.257 e. The summed E-state index contributed by atoms with van der Waals surface area (Å²) in [6.07, 6.45) is 1.85. The lowest BCUT2D eigenvalue weighted by atomic mass is 10.1. The van der Waals surface area contributed by atoms with Gasteiger partial charge in [-0.1, -0.05) is 18.2 Å². The van der Waals surface area contributed by atoms with Crippen LogP contribution in [-0.4, -0.2) is 23.9 Å². The van der Waals surface area contributed by atoms with Crippen LogP contribution in [0.2, 0.25) is 0 Å². The number of carbonyl (C=O) groups is 2. The Bertz CT molecular complexity index is 1180. The van der Waals surface area contributed by atoms with Crippen molar-refractivity contribution in [2.45, 2.75) is 0 Å². The highest BCUT2D eigenvalue weighted by Gasteiger charge is 2.14. The Morgan fingerprint density at radius 2 is 1.66 bits per heavy atom.